The van der Waals surface area contributed by atoms with Crippen molar-refractivity contribution in [3.8, 4) is 0 Å². The van der Waals surface area contributed by atoms with Crippen molar-refractivity contribution in [2.45, 2.75) is 38.8 Å². The molecule has 2 aliphatic rings. The molecule has 1 aliphatic carbocycles. The van der Waals surface area contributed by atoms with E-state index < -0.39 is 0 Å². The largest absolute Gasteiger partial charge is 0.393 e. The second-order valence-electron chi connectivity index (χ2n) is 9.80. The Morgan fingerprint density at radius 3 is 2.83 bits per heavy atom. The number of fused-ring (bicyclic) bond motifs is 1. The molecule has 1 saturated heterocycles. The molecule has 1 saturated carbocycles. The highest BCUT2D eigenvalue weighted by Crippen LogP contribution is 2.27. The maximum absolute atomic E-state index is 13.5. The van der Waals surface area contributed by atoms with Crippen molar-refractivity contribution in [3.63, 3.8) is 0 Å². The summed E-state index contributed by atoms with van der Waals surface area (Å²) in [6.07, 6.45) is 4.29. The summed E-state index contributed by atoms with van der Waals surface area (Å²) in [7, 11) is 0. The number of H-pyrrole nitrogens is 1. The SMILES string of the molecule is Cc1cc(=O)[nH]c2ccc(NC(=O)c3cc(CN4CCOCC4)cnc3NCC3CCCC3O)cc12. The zero-order valence-corrected chi connectivity index (χ0v) is 20.5. The van der Waals surface area contributed by atoms with Crippen molar-refractivity contribution < 1.29 is 14.6 Å². The highest BCUT2D eigenvalue weighted by atomic mass is 16.5. The van der Waals surface area contributed by atoms with Gasteiger partial charge in [0.2, 0.25) is 5.56 Å². The van der Waals surface area contributed by atoms with Crippen molar-refractivity contribution in [2.24, 2.45) is 5.92 Å². The van der Waals surface area contributed by atoms with Crippen LogP contribution in [0.15, 0.2) is 41.3 Å². The zero-order chi connectivity index (χ0) is 25.1. The van der Waals surface area contributed by atoms with Gasteiger partial charge in [0.25, 0.3) is 5.91 Å². The van der Waals surface area contributed by atoms with E-state index >= 15 is 0 Å². The predicted molar refractivity (Wildman–Crippen MR) is 139 cm³/mol. The molecule has 5 rings (SSSR count). The molecule has 9 nitrogen and oxygen atoms in total. The minimum atomic E-state index is -0.317. The number of rotatable bonds is 7. The Balaban J connectivity index is 1.39. The Labute approximate surface area is 209 Å². The van der Waals surface area contributed by atoms with Gasteiger partial charge in [-0.1, -0.05) is 6.42 Å². The summed E-state index contributed by atoms with van der Waals surface area (Å²) in [6, 6.07) is 8.89. The van der Waals surface area contributed by atoms with Crippen LogP contribution < -0.4 is 16.2 Å². The van der Waals surface area contributed by atoms with Crippen molar-refractivity contribution in [1.29, 1.82) is 0 Å². The number of hydrogen-bond donors (Lipinski definition) is 4. The molecule has 1 aromatic carbocycles. The quantitative estimate of drug-likeness (QED) is 0.401. The zero-order valence-electron chi connectivity index (χ0n) is 20.5. The van der Waals surface area contributed by atoms with Gasteiger partial charge < -0.3 is 25.5 Å². The minimum Gasteiger partial charge on any atom is -0.393 e. The van der Waals surface area contributed by atoms with Crippen LogP contribution in [0.3, 0.4) is 0 Å². The summed E-state index contributed by atoms with van der Waals surface area (Å²) < 4.78 is 5.45. The van der Waals surface area contributed by atoms with Gasteiger partial charge in [-0.25, -0.2) is 4.98 Å². The highest BCUT2D eigenvalue weighted by molar-refractivity contribution is 6.08. The average Bonchev–Trinajstić information content (AvgIpc) is 3.28. The van der Waals surface area contributed by atoms with Crippen LogP contribution in [0, 0.1) is 12.8 Å². The Morgan fingerprint density at radius 1 is 1.22 bits per heavy atom. The lowest BCUT2D eigenvalue weighted by Crippen LogP contribution is -2.35. The lowest BCUT2D eigenvalue weighted by atomic mass is 10.1. The average molecular weight is 492 g/mol. The van der Waals surface area contributed by atoms with Gasteiger partial charge in [0.15, 0.2) is 0 Å². The molecule has 2 unspecified atom stereocenters. The highest BCUT2D eigenvalue weighted by Gasteiger charge is 2.26. The molecule has 1 aliphatic heterocycles. The van der Waals surface area contributed by atoms with Crippen molar-refractivity contribution >= 4 is 28.3 Å². The molecule has 2 atom stereocenters. The third kappa shape index (κ3) is 5.59. The molecule has 1 amide bonds. The fourth-order valence-corrected chi connectivity index (χ4v) is 5.11. The smallest absolute Gasteiger partial charge is 0.259 e. The topological polar surface area (TPSA) is 120 Å². The third-order valence-electron chi connectivity index (χ3n) is 7.16. The second kappa shape index (κ2) is 10.8. The number of pyridine rings is 2. The maximum atomic E-state index is 13.5. The monoisotopic (exact) mass is 491 g/mol. The first kappa shape index (κ1) is 24.4. The number of nitrogens with zero attached hydrogens (tertiary/aromatic N) is 2. The first-order valence-corrected chi connectivity index (χ1v) is 12.6. The van der Waals surface area contributed by atoms with Crippen LogP contribution in [0.5, 0.6) is 0 Å². The number of carbonyl (C=O) groups is 1. The number of anilines is 2. The van der Waals surface area contributed by atoms with Crippen LogP contribution in [-0.2, 0) is 11.3 Å². The van der Waals surface area contributed by atoms with Crippen LogP contribution in [0.2, 0.25) is 0 Å². The minimum absolute atomic E-state index is 0.150. The number of benzene rings is 1. The Morgan fingerprint density at radius 2 is 2.06 bits per heavy atom. The number of amides is 1. The number of aromatic amines is 1. The van der Waals surface area contributed by atoms with E-state index in [4.69, 9.17) is 4.74 Å². The summed E-state index contributed by atoms with van der Waals surface area (Å²) in [5, 5.41) is 17.4. The Kier molecular flexibility index (Phi) is 7.31. The fraction of sp³-hybridized carbons (Fsp3) is 0.444. The standard InChI is InChI=1S/C27H33N5O4/c1-17-11-25(34)31-23-6-5-20(13-21(17)23)30-27(35)22-12-18(16-32-7-9-36-10-8-32)14-28-26(22)29-15-19-3-2-4-24(19)33/h5-6,11-14,19,24,33H,2-4,7-10,15-16H2,1H3,(H,28,29)(H,30,35)(H,31,34). The summed E-state index contributed by atoms with van der Waals surface area (Å²) in [4.78, 5) is 35.0. The van der Waals surface area contributed by atoms with Crippen molar-refractivity contribution in [1.82, 2.24) is 14.9 Å². The Hall–Kier alpha value is -3.27. The first-order chi connectivity index (χ1) is 17.5. The molecule has 0 spiro atoms. The Bertz CT molecular complexity index is 1300. The molecule has 9 heteroatoms. The number of aliphatic hydroxyl groups is 1. The molecule has 2 fully saturated rings. The van der Waals surface area contributed by atoms with Crippen molar-refractivity contribution in [2.75, 3.05) is 43.5 Å². The van der Waals surface area contributed by atoms with E-state index in [-0.39, 0.29) is 23.5 Å². The van der Waals surface area contributed by atoms with Gasteiger partial charge in [-0.15, -0.1) is 0 Å². The van der Waals surface area contributed by atoms with Gasteiger partial charge in [-0.05, 0) is 55.2 Å². The van der Waals surface area contributed by atoms with Crippen LogP contribution in [-0.4, -0.2) is 64.8 Å². The van der Waals surface area contributed by atoms with E-state index in [1.807, 2.05) is 25.3 Å². The molecule has 0 radical (unpaired) electrons. The van der Waals surface area contributed by atoms with Gasteiger partial charge in [0.05, 0.1) is 24.9 Å². The van der Waals surface area contributed by atoms with Gasteiger partial charge in [0, 0.05) is 61.0 Å². The number of carbonyl (C=O) groups excluding carboxylic acids is 1. The van der Waals surface area contributed by atoms with Gasteiger partial charge in [-0.2, -0.15) is 0 Å². The second-order valence-corrected chi connectivity index (χ2v) is 9.80. The van der Waals surface area contributed by atoms with Gasteiger partial charge in [-0.3, -0.25) is 14.5 Å². The number of aliphatic hydroxyl groups excluding tert-OH is 1. The number of aryl methyl sites for hydroxylation is 1. The molecule has 3 heterocycles. The number of ether oxygens (including phenoxy) is 1. The van der Waals surface area contributed by atoms with Gasteiger partial charge >= 0.3 is 0 Å². The van der Waals surface area contributed by atoms with Gasteiger partial charge in [0.1, 0.15) is 5.82 Å². The maximum Gasteiger partial charge on any atom is 0.259 e. The van der Waals surface area contributed by atoms with Crippen LogP contribution >= 0.6 is 0 Å². The summed E-state index contributed by atoms with van der Waals surface area (Å²) in [6.45, 7) is 6.25. The summed E-state index contributed by atoms with van der Waals surface area (Å²) in [5.74, 6) is 0.405. The number of nitrogens with one attached hydrogen (secondary N) is 3. The van der Waals surface area contributed by atoms with Crippen molar-refractivity contribution in [3.05, 3.63) is 63.6 Å². The number of aromatic nitrogens is 2. The first-order valence-electron chi connectivity index (χ1n) is 12.6. The molecular formula is C27H33N5O4. The predicted octanol–water partition coefficient (Wildman–Crippen LogP) is 2.89. The van der Waals surface area contributed by atoms with Crippen LogP contribution in [0.25, 0.3) is 10.9 Å². The molecular weight excluding hydrogens is 458 g/mol. The van der Waals surface area contributed by atoms with E-state index in [0.29, 0.717) is 43.4 Å². The number of morpholine rings is 1. The molecule has 3 aromatic rings. The third-order valence-corrected chi connectivity index (χ3v) is 7.16. The normalized spacial score (nSPS) is 20.5. The van der Waals surface area contributed by atoms with E-state index in [1.54, 1.807) is 18.2 Å². The lowest BCUT2D eigenvalue weighted by molar-refractivity contribution is 0.0341. The summed E-state index contributed by atoms with van der Waals surface area (Å²) in [5.41, 5.74) is 3.48. The number of hydrogen-bond acceptors (Lipinski definition) is 7. The van der Waals surface area contributed by atoms with E-state index in [1.165, 1.54) is 0 Å². The lowest BCUT2D eigenvalue weighted by Gasteiger charge is -2.26. The molecule has 2 aromatic heterocycles. The molecule has 190 valence electrons. The molecule has 4 N–H and O–H groups in total. The molecule has 0 bridgehead atoms. The van der Waals surface area contributed by atoms with E-state index in [9.17, 15) is 14.7 Å². The van der Waals surface area contributed by atoms with Crippen LogP contribution in [0.1, 0.15) is 40.7 Å². The molecule has 36 heavy (non-hydrogen) atoms. The fourth-order valence-electron chi connectivity index (χ4n) is 5.11. The van der Waals surface area contributed by atoms with E-state index in [0.717, 1.165) is 54.4 Å². The summed E-state index contributed by atoms with van der Waals surface area (Å²) >= 11 is 0. The van der Waals surface area contributed by atoms with Crippen LogP contribution in [0.4, 0.5) is 11.5 Å². The van der Waals surface area contributed by atoms with E-state index in [2.05, 4.69) is 25.5 Å².